The van der Waals surface area contributed by atoms with E-state index < -0.39 is 0 Å². The van der Waals surface area contributed by atoms with Crippen LogP contribution in [0, 0.1) is 0 Å². The minimum absolute atomic E-state index is 0.436. The predicted molar refractivity (Wildman–Crippen MR) is 116 cm³/mol. The van der Waals surface area contributed by atoms with Gasteiger partial charge in [-0.2, -0.15) is 5.10 Å². The molecular formula is C24H29N5O. The molecule has 2 aliphatic heterocycles. The average molecular weight is 404 g/mol. The lowest BCUT2D eigenvalue weighted by molar-refractivity contribution is 0.166. The van der Waals surface area contributed by atoms with E-state index in [-0.39, 0.29) is 0 Å². The lowest BCUT2D eigenvalue weighted by Crippen LogP contribution is -2.37. The first kappa shape index (κ1) is 19.2. The monoisotopic (exact) mass is 403 g/mol. The molecule has 0 N–H and O–H groups in total. The van der Waals surface area contributed by atoms with Crippen LogP contribution < -0.4 is 4.74 Å². The molecule has 3 aromatic rings. The van der Waals surface area contributed by atoms with Gasteiger partial charge in [-0.05, 0) is 43.5 Å². The smallest absolute Gasteiger partial charge is 0.128 e. The molecule has 4 heterocycles. The minimum atomic E-state index is 0.436. The number of unbranched alkanes of at least 4 members (excludes halogenated alkanes) is 1. The second kappa shape index (κ2) is 8.19. The highest BCUT2D eigenvalue weighted by atomic mass is 16.5. The van der Waals surface area contributed by atoms with E-state index in [1.54, 1.807) is 7.11 Å². The van der Waals surface area contributed by atoms with E-state index in [0.29, 0.717) is 12.1 Å². The van der Waals surface area contributed by atoms with Crippen LogP contribution in [0.5, 0.6) is 5.75 Å². The van der Waals surface area contributed by atoms with Crippen molar-refractivity contribution in [2.24, 2.45) is 0 Å². The van der Waals surface area contributed by atoms with E-state index in [0.717, 1.165) is 43.1 Å². The molecule has 156 valence electrons. The van der Waals surface area contributed by atoms with Gasteiger partial charge in [-0.3, -0.25) is 4.90 Å². The zero-order valence-electron chi connectivity index (χ0n) is 17.8. The number of nitrogens with zero attached hydrogens (tertiary/aromatic N) is 5. The molecule has 0 amide bonds. The van der Waals surface area contributed by atoms with Crippen LogP contribution in [0.4, 0.5) is 0 Å². The highest BCUT2D eigenvalue weighted by molar-refractivity contribution is 5.41. The van der Waals surface area contributed by atoms with Gasteiger partial charge >= 0.3 is 0 Å². The second-order valence-electron chi connectivity index (χ2n) is 8.39. The van der Waals surface area contributed by atoms with Crippen LogP contribution in [0.15, 0.2) is 42.9 Å². The Morgan fingerprint density at radius 3 is 2.60 bits per heavy atom. The Hall–Kier alpha value is -2.73. The van der Waals surface area contributed by atoms with Gasteiger partial charge in [-0.1, -0.05) is 13.3 Å². The summed E-state index contributed by atoms with van der Waals surface area (Å²) < 4.78 is 7.41. The molecule has 0 radical (unpaired) electrons. The molecule has 0 saturated carbocycles. The molecule has 6 nitrogen and oxygen atoms in total. The van der Waals surface area contributed by atoms with Crippen molar-refractivity contribution in [1.82, 2.24) is 24.6 Å². The molecule has 30 heavy (non-hydrogen) atoms. The third-order valence-corrected chi connectivity index (χ3v) is 6.53. The zero-order valence-corrected chi connectivity index (χ0v) is 17.8. The van der Waals surface area contributed by atoms with Crippen molar-refractivity contribution in [1.29, 1.82) is 0 Å². The summed E-state index contributed by atoms with van der Waals surface area (Å²) in [5.41, 5.74) is 5.04. The third-order valence-electron chi connectivity index (χ3n) is 6.53. The number of fused-ring (bicyclic) bond motifs is 4. The molecule has 1 aromatic carbocycles. The second-order valence-corrected chi connectivity index (χ2v) is 8.39. The molecule has 2 atom stereocenters. The van der Waals surface area contributed by atoms with Gasteiger partial charge in [0.1, 0.15) is 11.6 Å². The Balaban J connectivity index is 1.35. The van der Waals surface area contributed by atoms with Crippen molar-refractivity contribution in [3.05, 3.63) is 65.5 Å². The standard InChI is InChI=1S/C24H29N5O/c1-3-4-5-24-25-13-17(14-26-24)16-28-19-8-11-22(28)21-15-27-29(23(21)12-19)18-6-9-20(30-2)10-7-18/h6-7,9-10,13-15,19,22H,3-5,8,11-12,16H2,1-2H3/t19-,22-/m0/s1. The number of methoxy groups -OCH3 is 1. The van der Waals surface area contributed by atoms with E-state index in [9.17, 15) is 0 Å². The van der Waals surface area contributed by atoms with Crippen molar-refractivity contribution >= 4 is 0 Å². The maximum absolute atomic E-state index is 5.29. The molecule has 1 fully saturated rings. The largest absolute Gasteiger partial charge is 0.497 e. The zero-order chi connectivity index (χ0) is 20.5. The number of aryl methyl sites for hydroxylation is 1. The van der Waals surface area contributed by atoms with E-state index in [4.69, 9.17) is 9.84 Å². The van der Waals surface area contributed by atoms with Crippen LogP contribution in [0.25, 0.3) is 5.69 Å². The van der Waals surface area contributed by atoms with E-state index in [2.05, 4.69) is 44.8 Å². The van der Waals surface area contributed by atoms with Gasteiger partial charge in [0, 0.05) is 55.0 Å². The highest BCUT2D eigenvalue weighted by Crippen LogP contribution is 2.44. The first-order valence-corrected chi connectivity index (χ1v) is 11.0. The van der Waals surface area contributed by atoms with Crippen molar-refractivity contribution in [2.45, 2.75) is 64.1 Å². The number of benzene rings is 1. The van der Waals surface area contributed by atoms with Crippen molar-refractivity contribution in [2.75, 3.05) is 7.11 Å². The molecular weight excluding hydrogens is 374 g/mol. The Morgan fingerprint density at radius 2 is 1.87 bits per heavy atom. The minimum Gasteiger partial charge on any atom is -0.497 e. The molecule has 0 unspecified atom stereocenters. The fraction of sp³-hybridized carbons (Fsp3) is 0.458. The first-order chi connectivity index (χ1) is 14.8. The maximum Gasteiger partial charge on any atom is 0.128 e. The lowest BCUT2D eigenvalue weighted by atomic mass is 9.99. The van der Waals surface area contributed by atoms with E-state index in [1.807, 2.05) is 24.5 Å². The SMILES string of the molecule is CCCCc1ncc(CN2[C@H]3CC[C@H]2c2cnn(-c4ccc(OC)cc4)c2C3)cn1. The number of aromatic nitrogens is 4. The highest BCUT2D eigenvalue weighted by Gasteiger charge is 2.41. The van der Waals surface area contributed by atoms with Gasteiger partial charge in [0.2, 0.25) is 0 Å². The quantitative estimate of drug-likeness (QED) is 0.589. The topological polar surface area (TPSA) is 56.1 Å². The molecule has 2 aromatic heterocycles. The summed E-state index contributed by atoms with van der Waals surface area (Å²) in [4.78, 5) is 11.8. The fourth-order valence-electron chi connectivity index (χ4n) is 4.91. The maximum atomic E-state index is 5.29. The van der Waals surface area contributed by atoms with Crippen LogP contribution in [0.3, 0.4) is 0 Å². The Kier molecular flexibility index (Phi) is 5.25. The summed E-state index contributed by atoms with van der Waals surface area (Å²) in [6.45, 7) is 3.11. The Labute approximate surface area is 177 Å². The van der Waals surface area contributed by atoms with Crippen LogP contribution in [0.1, 0.15) is 61.3 Å². The third kappa shape index (κ3) is 3.49. The number of rotatable bonds is 7. The number of hydrogen-bond acceptors (Lipinski definition) is 5. The first-order valence-electron chi connectivity index (χ1n) is 11.0. The summed E-state index contributed by atoms with van der Waals surface area (Å²) >= 11 is 0. The van der Waals surface area contributed by atoms with Crippen molar-refractivity contribution in [3.63, 3.8) is 0 Å². The molecule has 6 heteroatoms. The summed E-state index contributed by atoms with van der Waals surface area (Å²) in [5, 5.41) is 4.75. The molecule has 2 bridgehead atoms. The van der Waals surface area contributed by atoms with Gasteiger partial charge < -0.3 is 4.74 Å². The van der Waals surface area contributed by atoms with Crippen molar-refractivity contribution < 1.29 is 4.74 Å². The van der Waals surface area contributed by atoms with Crippen LogP contribution in [-0.4, -0.2) is 37.8 Å². The fourth-order valence-corrected chi connectivity index (χ4v) is 4.91. The van der Waals surface area contributed by atoms with Crippen LogP contribution in [-0.2, 0) is 19.4 Å². The summed E-state index contributed by atoms with van der Waals surface area (Å²) in [7, 11) is 1.70. The number of ether oxygens (including phenoxy) is 1. The average Bonchev–Trinajstić information content (AvgIpc) is 3.33. The molecule has 5 rings (SSSR count). The summed E-state index contributed by atoms with van der Waals surface area (Å²) in [6, 6.07) is 9.14. The van der Waals surface area contributed by atoms with Gasteiger partial charge in [0.15, 0.2) is 0 Å². The van der Waals surface area contributed by atoms with E-state index >= 15 is 0 Å². The molecule has 0 aliphatic carbocycles. The Morgan fingerprint density at radius 1 is 1.07 bits per heavy atom. The van der Waals surface area contributed by atoms with Gasteiger partial charge in [-0.25, -0.2) is 14.6 Å². The Bertz CT molecular complexity index is 995. The van der Waals surface area contributed by atoms with Gasteiger partial charge in [0.25, 0.3) is 0 Å². The van der Waals surface area contributed by atoms with E-state index in [1.165, 1.54) is 36.1 Å². The van der Waals surface area contributed by atoms with Gasteiger partial charge in [-0.15, -0.1) is 0 Å². The van der Waals surface area contributed by atoms with Crippen LogP contribution in [0.2, 0.25) is 0 Å². The van der Waals surface area contributed by atoms with Gasteiger partial charge in [0.05, 0.1) is 24.7 Å². The molecule has 2 aliphatic rings. The molecule has 1 saturated heterocycles. The summed E-state index contributed by atoms with van der Waals surface area (Å²) in [5.74, 6) is 1.83. The number of hydrogen-bond donors (Lipinski definition) is 0. The summed E-state index contributed by atoms with van der Waals surface area (Å²) in [6.07, 6.45) is 12.9. The normalized spacial score (nSPS) is 20.3. The lowest BCUT2D eigenvalue weighted by Gasteiger charge is -2.34. The van der Waals surface area contributed by atoms with Crippen molar-refractivity contribution in [3.8, 4) is 11.4 Å². The molecule has 0 spiro atoms. The predicted octanol–water partition coefficient (Wildman–Crippen LogP) is 4.28. The van der Waals surface area contributed by atoms with Crippen LogP contribution >= 0.6 is 0 Å².